The second-order valence-electron chi connectivity index (χ2n) is 8.10. The Hall–Kier alpha value is -3.32. The van der Waals surface area contributed by atoms with Gasteiger partial charge in [0.25, 0.3) is 10.0 Å². The number of fused-ring (bicyclic) bond motifs is 2. The van der Waals surface area contributed by atoms with Crippen molar-refractivity contribution in [2.24, 2.45) is 5.73 Å². The SMILES string of the molecule is NC(=O)C1CN(S(=O)(=O)c2cc3ccc(Cl)cc3s2)CC(=O)N1Cc1ccc2c(N)ncnc2c1. The average Bonchev–Trinajstić information content (AvgIpc) is 3.24. The highest BCUT2D eigenvalue weighted by Gasteiger charge is 2.41. The number of primary amides is 1. The number of carbonyl (C=O) groups excluding carboxylic acids is 2. The number of nitrogens with two attached hydrogens (primary N) is 2. The number of aromatic nitrogens is 2. The Kier molecular flexibility index (Phi) is 5.83. The largest absolute Gasteiger partial charge is 0.383 e. The van der Waals surface area contributed by atoms with Gasteiger partial charge < -0.3 is 16.4 Å². The minimum atomic E-state index is -4.04. The molecule has 1 atom stereocenters. The van der Waals surface area contributed by atoms with Gasteiger partial charge in [0.05, 0.1) is 12.1 Å². The number of anilines is 1. The van der Waals surface area contributed by atoms with Crippen LogP contribution in [0.5, 0.6) is 0 Å². The van der Waals surface area contributed by atoms with E-state index in [1.165, 1.54) is 17.3 Å². The van der Waals surface area contributed by atoms with Crippen molar-refractivity contribution in [3.05, 3.63) is 59.4 Å². The van der Waals surface area contributed by atoms with Crippen LogP contribution in [0.1, 0.15) is 5.56 Å². The maximum atomic E-state index is 13.4. The highest BCUT2D eigenvalue weighted by atomic mass is 35.5. The molecule has 1 aliphatic heterocycles. The molecule has 35 heavy (non-hydrogen) atoms. The Morgan fingerprint density at radius 3 is 2.74 bits per heavy atom. The van der Waals surface area contributed by atoms with Crippen molar-refractivity contribution in [2.45, 2.75) is 16.8 Å². The summed E-state index contributed by atoms with van der Waals surface area (Å²) in [6, 6.07) is 10.7. The maximum absolute atomic E-state index is 13.4. The third-order valence-electron chi connectivity index (χ3n) is 5.85. The van der Waals surface area contributed by atoms with E-state index in [9.17, 15) is 18.0 Å². The van der Waals surface area contributed by atoms with Crippen molar-refractivity contribution >= 4 is 71.6 Å². The molecule has 0 bridgehead atoms. The number of halogens is 1. The summed E-state index contributed by atoms with van der Waals surface area (Å²) < 4.78 is 28.5. The second-order valence-corrected chi connectivity index (χ2v) is 11.8. The molecule has 0 spiro atoms. The number of thiophene rings is 1. The number of amides is 2. The molecule has 0 saturated carbocycles. The molecule has 13 heteroatoms. The van der Waals surface area contributed by atoms with E-state index in [1.54, 1.807) is 36.4 Å². The average molecular weight is 531 g/mol. The van der Waals surface area contributed by atoms with Gasteiger partial charge in [-0.1, -0.05) is 23.7 Å². The van der Waals surface area contributed by atoms with Gasteiger partial charge in [-0.25, -0.2) is 18.4 Å². The van der Waals surface area contributed by atoms with Crippen molar-refractivity contribution in [3.63, 3.8) is 0 Å². The normalized spacial score (nSPS) is 17.3. The number of hydrogen-bond donors (Lipinski definition) is 2. The minimum Gasteiger partial charge on any atom is -0.383 e. The van der Waals surface area contributed by atoms with Crippen LogP contribution in [0.15, 0.2) is 53.0 Å². The Morgan fingerprint density at radius 1 is 1.17 bits per heavy atom. The van der Waals surface area contributed by atoms with Crippen molar-refractivity contribution in [1.29, 1.82) is 0 Å². The van der Waals surface area contributed by atoms with Gasteiger partial charge in [0.1, 0.15) is 22.4 Å². The van der Waals surface area contributed by atoms with E-state index in [2.05, 4.69) is 9.97 Å². The Bertz CT molecular complexity index is 1610. The molecule has 180 valence electrons. The lowest BCUT2D eigenvalue weighted by atomic mass is 10.1. The van der Waals surface area contributed by atoms with E-state index < -0.39 is 34.4 Å². The van der Waals surface area contributed by atoms with Gasteiger partial charge in [-0.2, -0.15) is 4.31 Å². The molecule has 2 aromatic carbocycles. The van der Waals surface area contributed by atoms with E-state index in [0.717, 1.165) is 21.0 Å². The van der Waals surface area contributed by atoms with Crippen LogP contribution in [0.25, 0.3) is 21.0 Å². The number of nitrogen functional groups attached to an aromatic ring is 1. The first-order valence-corrected chi connectivity index (χ1v) is 13.0. The first kappa shape index (κ1) is 23.4. The lowest BCUT2D eigenvalue weighted by Crippen LogP contribution is -2.61. The zero-order chi connectivity index (χ0) is 24.9. The number of hydrogen-bond acceptors (Lipinski definition) is 8. The Balaban J connectivity index is 1.43. The van der Waals surface area contributed by atoms with Crippen molar-refractivity contribution in [3.8, 4) is 0 Å². The van der Waals surface area contributed by atoms with Crippen LogP contribution in [0.3, 0.4) is 0 Å². The summed E-state index contributed by atoms with van der Waals surface area (Å²) >= 11 is 7.07. The molecular formula is C22H19ClN6O4S2. The fraction of sp³-hybridized carbons (Fsp3) is 0.182. The third kappa shape index (κ3) is 4.29. The van der Waals surface area contributed by atoms with E-state index in [1.807, 2.05) is 0 Å². The fourth-order valence-electron chi connectivity index (χ4n) is 4.05. The van der Waals surface area contributed by atoms with Crippen molar-refractivity contribution in [2.75, 3.05) is 18.8 Å². The molecule has 1 unspecified atom stereocenters. The van der Waals surface area contributed by atoms with Crippen LogP contribution >= 0.6 is 22.9 Å². The summed E-state index contributed by atoms with van der Waals surface area (Å²) in [4.78, 5) is 34.8. The quantitative estimate of drug-likeness (QED) is 0.400. The van der Waals surface area contributed by atoms with Crippen molar-refractivity contribution in [1.82, 2.24) is 19.2 Å². The van der Waals surface area contributed by atoms with Gasteiger partial charge in [0.15, 0.2) is 0 Å². The molecule has 1 aliphatic rings. The molecule has 1 fully saturated rings. The zero-order valence-electron chi connectivity index (χ0n) is 18.1. The summed E-state index contributed by atoms with van der Waals surface area (Å²) in [6.07, 6.45) is 1.34. The third-order valence-corrected chi connectivity index (χ3v) is 9.45. The molecule has 0 aliphatic carbocycles. The lowest BCUT2D eigenvalue weighted by Gasteiger charge is -2.38. The summed E-state index contributed by atoms with van der Waals surface area (Å²) in [6.45, 7) is -0.605. The van der Waals surface area contributed by atoms with E-state index in [0.29, 0.717) is 32.0 Å². The van der Waals surface area contributed by atoms with E-state index in [-0.39, 0.29) is 17.3 Å². The van der Waals surface area contributed by atoms with E-state index in [4.69, 9.17) is 23.1 Å². The van der Waals surface area contributed by atoms with Gasteiger partial charge in [0.2, 0.25) is 11.8 Å². The van der Waals surface area contributed by atoms with Crippen LogP contribution in [0.2, 0.25) is 5.02 Å². The zero-order valence-corrected chi connectivity index (χ0v) is 20.5. The molecule has 10 nitrogen and oxygen atoms in total. The predicted octanol–water partition coefficient (Wildman–Crippen LogP) is 1.97. The Labute approximate surface area is 209 Å². The highest BCUT2D eigenvalue weighted by Crippen LogP contribution is 2.33. The second kappa shape index (κ2) is 8.72. The van der Waals surface area contributed by atoms with Crippen molar-refractivity contribution < 1.29 is 18.0 Å². The molecule has 2 aromatic heterocycles. The van der Waals surface area contributed by atoms with Crippen LogP contribution in [-0.2, 0) is 26.2 Å². The molecule has 5 rings (SSSR count). The molecular weight excluding hydrogens is 512 g/mol. The topological polar surface area (TPSA) is 153 Å². The number of benzene rings is 2. The number of carbonyl (C=O) groups is 2. The van der Waals surface area contributed by atoms with Gasteiger partial charge in [-0.3, -0.25) is 9.59 Å². The molecule has 0 radical (unpaired) electrons. The lowest BCUT2D eigenvalue weighted by molar-refractivity contribution is -0.144. The summed E-state index contributed by atoms with van der Waals surface area (Å²) in [5.41, 5.74) is 12.7. The minimum absolute atomic E-state index is 0.0571. The smallest absolute Gasteiger partial charge is 0.253 e. The Morgan fingerprint density at radius 2 is 1.97 bits per heavy atom. The first-order valence-electron chi connectivity index (χ1n) is 10.4. The molecule has 4 N–H and O–H groups in total. The predicted molar refractivity (Wildman–Crippen MR) is 133 cm³/mol. The van der Waals surface area contributed by atoms with Gasteiger partial charge in [-0.15, -0.1) is 11.3 Å². The fourth-order valence-corrected chi connectivity index (χ4v) is 7.28. The number of piperazine rings is 1. The van der Waals surface area contributed by atoms with Gasteiger partial charge >= 0.3 is 0 Å². The maximum Gasteiger partial charge on any atom is 0.253 e. The molecule has 3 heterocycles. The number of nitrogens with zero attached hydrogens (tertiary/aromatic N) is 4. The summed E-state index contributed by atoms with van der Waals surface area (Å²) in [5.74, 6) is -1.00. The number of sulfonamides is 1. The van der Waals surface area contributed by atoms with Crippen LogP contribution in [-0.4, -0.2) is 58.5 Å². The highest BCUT2D eigenvalue weighted by molar-refractivity contribution is 7.91. The van der Waals surface area contributed by atoms with E-state index >= 15 is 0 Å². The van der Waals surface area contributed by atoms with Gasteiger partial charge in [0, 0.05) is 28.2 Å². The monoisotopic (exact) mass is 530 g/mol. The number of rotatable bonds is 5. The standard InChI is InChI=1S/C22H19ClN6O4S2/c23-14-3-2-13-6-20(34-18(13)7-14)35(32,33)28-9-17(22(25)31)29(19(30)10-28)8-12-1-4-15-16(5-12)26-11-27-21(15)24/h1-7,11,17H,8-10H2,(H2,25,31)(H2,24,26,27). The first-order chi connectivity index (χ1) is 16.6. The molecule has 4 aromatic rings. The summed E-state index contributed by atoms with van der Waals surface area (Å²) in [7, 11) is -4.04. The summed E-state index contributed by atoms with van der Waals surface area (Å²) in [5, 5.41) is 1.87. The van der Waals surface area contributed by atoms with Crippen LogP contribution in [0, 0.1) is 0 Å². The molecule has 2 amide bonds. The molecule has 1 saturated heterocycles. The van der Waals surface area contributed by atoms with Crippen LogP contribution in [0.4, 0.5) is 5.82 Å². The van der Waals surface area contributed by atoms with Gasteiger partial charge in [-0.05, 0) is 41.3 Å². The van der Waals surface area contributed by atoms with Crippen LogP contribution < -0.4 is 11.5 Å².